The molecule has 0 unspecified atom stereocenters. The van der Waals surface area contributed by atoms with Crippen LogP contribution in [0.15, 0.2) is 23.1 Å². The van der Waals surface area contributed by atoms with Crippen LogP contribution in [-0.4, -0.2) is 30.3 Å². The van der Waals surface area contributed by atoms with Gasteiger partial charge in [0.2, 0.25) is 10.0 Å². The number of sulfonamides is 1. The summed E-state index contributed by atoms with van der Waals surface area (Å²) in [4.78, 5) is 0.290. The molecule has 1 aromatic rings. The number of benzene rings is 1. The van der Waals surface area contributed by atoms with Crippen LogP contribution < -0.4 is 5.73 Å². The van der Waals surface area contributed by atoms with E-state index in [1.807, 2.05) is 13.8 Å². The van der Waals surface area contributed by atoms with Gasteiger partial charge in [-0.05, 0) is 32.0 Å². The monoisotopic (exact) mass is 320 g/mol. The molecule has 0 aliphatic rings. The molecule has 7 heteroatoms. The molecule has 0 heterocycles. The van der Waals surface area contributed by atoms with E-state index >= 15 is 0 Å². The highest BCUT2D eigenvalue weighted by atomic mass is 35.5. The molecule has 0 amide bonds. The van der Waals surface area contributed by atoms with E-state index in [0.29, 0.717) is 12.1 Å². The van der Waals surface area contributed by atoms with E-state index in [0.717, 1.165) is 0 Å². The van der Waals surface area contributed by atoms with Crippen molar-refractivity contribution in [2.24, 2.45) is 5.73 Å². The Hall–Kier alpha value is -0.690. The van der Waals surface area contributed by atoms with Gasteiger partial charge in [0.15, 0.2) is 0 Å². The molecule has 0 aliphatic heterocycles. The Kier molecular flexibility index (Phi) is 5.32. The first kappa shape index (κ1) is 16.4. The van der Waals surface area contributed by atoms with Crippen LogP contribution in [0, 0.1) is 0 Å². The van der Waals surface area contributed by atoms with Crippen molar-refractivity contribution in [3.63, 3.8) is 0 Å². The average molecular weight is 321 g/mol. The largest absolute Gasteiger partial charge is 0.389 e. The van der Waals surface area contributed by atoms with Crippen LogP contribution in [0.1, 0.15) is 26.3 Å². The van der Waals surface area contributed by atoms with E-state index < -0.39 is 10.0 Å². The molecular formula is C12H17ClN2O2S2. The summed E-state index contributed by atoms with van der Waals surface area (Å²) in [6.07, 6.45) is 0. The molecule has 0 spiro atoms. The topological polar surface area (TPSA) is 63.4 Å². The smallest absolute Gasteiger partial charge is 0.243 e. The second kappa shape index (κ2) is 6.17. The van der Waals surface area contributed by atoms with E-state index in [1.165, 1.54) is 22.5 Å². The maximum atomic E-state index is 12.4. The minimum atomic E-state index is -3.55. The number of nitrogens with zero attached hydrogens (tertiary/aromatic N) is 1. The highest BCUT2D eigenvalue weighted by Crippen LogP contribution is 2.24. The minimum absolute atomic E-state index is 0.121. The number of rotatable bonds is 5. The molecule has 0 radical (unpaired) electrons. The summed E-state index contributed by atoms with van der Waals surface area (Å²) in [6, 6.07) is 4.27. The number of nitrogens with two attached hydrogens (primary N) is 1. The Morgan fingerprint density at radius 3 is 2.42 bits per heavy atom. The lowest BCUT2D eigenvalue weighted by Gasteiger charge is -2.24. The van der Waals surface area contributed by atoms with Gasteiger partial charge in [-0.1, -0.05) is 30.7 Å². The molecule has 1 rings (SSSR count). The zero-order chi connectivity index (χ0) is 14.8. The highest BCUT2D eigenvalue weighted by molar-refractivity contribution is 7.89. The van der Waals surface area contributed by atoms with Crippen LogP contribution in [0.3, 0.4) is 0 Å². The maximum absolute atomic E-state index is 12.4. The molecule has 0 aromatic heterocycles. The summed E-state index contributed by atoms with van der Waals surface area (Å²) in [7, 11) is -3.55. The standard InChI is InChI=1S/C12H17ClN2O2S2/c1-4-15(8(2)3)19(16,17)9-5-6-10(12(14)18)11(13)7-9/h5-8H,4H2,1-3H3,(H2,14,18). The van der Waals surface area contributed by atoms with E-state index in [-0.39, 0.29) is 20.9 Å². The van der Waals surface area contributed by atoms with E-state index in [2.05, 4.69) is 0 Å². The Morgan fingerprint density at radius 2 is 2.05 bits per heavy atom. The molecule has 0 bridgehead atoms. The van der Waals surface area contributed by atoms with Gasteiger partial charge < -0.3 is 5.73 Å². The van der Waals surface area contributed by atoms with E-state index in [4.69, 9.17) is 29.6 Å². The normalized spacial score (nSPS) is 12.1. The molecule has 2 N–H and O–H groups in total. The van der Waals surface area contributed by atoms with Gasteiger partial charge in [-0.15, -0.1) is 0 Å². The zero-order valence-electron chi connectivity index (χ0n) is 11.1. The highest BCUT2D eigenvalue weighted by Gasteiger charge is 2.26. The first-order valence-corrected chi connectivity index (χ1v) is 8.05. The lowest BCUT2D eigenvalue weighted by Crippen LogP contribution is -2.36. The van der Waals surface area contributed by atoms with Crippen LogP contribution in [-0.2, 0) is 10.0 Å². The SMILES string of the molecule is CCN(C(C)C)S(=O)(=O)c1ccc(C(N)=S)c(Cl)c1. The van der Waals surface area contributed by atoms with Gasteiger partial charge in [0.25, 0.3) is 0 Å². The van der Waals surface area contributed by atoms with Gasteiger partial charge in [-0.2, -0.15) is 4.31 Å². The van der Waals surface area contributed by atoms with Crippen molar-refractivity contribution in [2.75, 3.05) is 6.54 Å². The fraction of sp³-hybridized carbons (Fsp3) is 0.417. The number of hydrogen-bond donors (Lipinski definition) is 1. The van der Waals surface area contributed by atoms with Gasteiger partial charge in [-0.3, -0.25) is 0 Å². The Bertz CT molecular complexity index is 585. The fourth-order valence-corrected chi connectivity index (χ4v) is 4.06. The summed E-state index contributed by atoms with van der Waals surface area (Å²) in [6.45, 7) is 5.84. The van der Waals surface area contributed by atoms with Crippen LogP contribution >= 0.6 is 23.8 Å². The molecule has 19 heavy (non-hydrogen) atoms. The fourth-order valence-electron chi connectivity index (χ4n) is 1.80. The number of halogens is 1. The van der Waals surface area contributed by atoms with Gasteiger partial charge >= 0.3 is 0 Å². The molecule has 0 aliphatic carbocycles. The van der Waals surface area contributed by atoms with Gasteiger partial charge in [0.1, 0.15) is 4.99 Å². The molecule has 0 saturated heterocycles. The summed E-state index contributed by atoms with van der Waals surface area (Å²) in [5, 5.41) is 0.244. The Morgan fingerprint density at radius 1 is 1.47 bits per heavy atom. The molecular weight excluding hydrogens is 304 g/mol. The molecule has 106 valence electrons. The molecule has 1 aromatic carbocycles. The third-order valence-corrected chi connectivity index (χ3v) is 5.38. The summed E-state index contributed by atoms with van der Waals surface area (Å²) in [5.41, 5.74) is 5.97. The van der Waals surface area contributed by atoms with Crippen LogP contribution in [0.5, 0.6) is 0 Å². The van der Waals surface area contributed by atoms with Crippen molar-refractivity contribution in [3.8, 4) is 0 Å². The van der Waals surface area contributed by atoms with E-state index in [1.54, 1.807) is 6.92 Å². The van der Waals surface area contributed by atoms with Crippen molar-refractivity contribution in [1.29, 1.82) is 0 Å². The Balaban J connectivity index is 3.30. The van der Waals surface area contributed by atoms with Crippen LogP contribution in [0.25, 0.3) is 0 Å². The van der Waals surface area contributed by atoms with Crippen LogP contribution in [0.4, 0.5) is 0 Å². The van der Waals surface area contributed by atoms with Crippen molar-refractivity contribution in [3.05, 3.63) is 28.8 Å². The molecule has 0 atom stereocenters. The second-order valence-electron chi connectivity index (χ2n) is 4.31. The van der Waals surface area contributed by atoms with Crippen LogP contribution in [0.2, 0.25) is 5.02 Å². The molecule has 0 fully saturated rings. The third-order valence-electron chi connectivity index (χ3n) is 2.70. The van der Waals surface area contributed by atoms with Crippen molar-refractivity contribution in [1.82, 2.24) is 4.31 Å². The first-order valence-electron chi connectivity index (χ1n) is 5.83. The minimum Gasteiger partial charge on any atom is -0.389 e. The summed E-state index contributed by atoms with van der Waals surface area (Å²) in [5.74, 6) is 0. The van der Waals surface area contributed by atoms with E-state index in [9.17, 15) is 8.42 Å². The summed E-state index contributed by atoms with van der Waals surface area (Å²) >= 11 is 10.8. The predicted molar refractivity (Wildman–Crippen MR) is 82.0 cm³/mol. The van der Waals surface area contributed by atoms with Gasteiger partial charge in [0.05, 0.1) is 9.92 Å². The molecule has 4 nitrogen and oxygen atoms in total. The first-order chi connectivity index (χ1) is 8.71. The quantitative estimate of drug-likeness (QED) is 0.846. The maximum Gasteiger partial charge on any atom is 0.243 e. The number of hydrogen-bond acceptors (Lipinski definition) is 3. The summed E-state index contributed by atoms with van der Waals surface area (Å²) < 4.78 is 26.3. The average Bonchev–Trinajstić information content (AvgIpc) is 2.28. The van der Waals surface area contributed by atoms with Crippen molar-refractivity contribution >= 4 is 38.8 Å². The van der Waals surface area contributed by atoms with Crippen molar-refractivity contribution < 1.29 is 8.42 Å². The van der Waals surface area contributed by atoms with Gasteiger partial charge in [0, 0.05) is 18.2 Å². The van der Waals surface area contributed by atoms with Crippen molar-refractivity contribution in [2.45, 2.75) is 31.7 Å². The Labute approximate surface area is 124 Å². The predicted octanol–water partition coefficient (Wildman–Crippen LogP) is 2.39. The zero-order valence-corrected chi connectivity index (χ0v) is 13.4. The second-order valence-corrected chi connectivity index (χ2v) is 7.05. The third kappa shape index (κ3) is 3.45. The lowest BCUT2D eigenvalue weighted by molar-refractivity contribution is 0.369. The van der Waals surface area contributed by atoms with Gasteiger partial charge in [-0.25, -0.2) is 8.42 Å². The molecule has 0 saturated carbocycles. The lowest BCUT2D eigenvalue weighted by atomic mass is 10.2. The number of thiocarbonyl (C=S) groups is 1.